The van der Waals surface area contributed by atoms with Gasteiger partial charge in [0.2, 0.25) is 0 Å². The summed E-state index contributed by atoms with van der Waals surface area (Å²) in [7, 11) is 1.77. The molecule has 21 heavy (non-hydrogen) atoms. The number of hydrogen-bond acceptors (Lipinski definition) is 4. The summed E-state index contributed by atoms with van der Waals surface area (Å²) in [5.74, 6) is 0.736. The van der Waals surface area contributed by atoms with E-state index < -0.39 is 0 Å². The van der Waals surface area contributed by atoms with Crippen molar-refractivity contribution in [3.63, 3.8) is 0 Å². The first-order chi connectivity index (χ1) is 10.2. The van der Waals surface area contributed by atoms with Gasteiger partial charge in [-0.1, -0.05) is 13.8 Å². The van der Waals surface area contributed by atoms with Crippen LogP contribution in [-0.4, -0.2) is 63.2 Å². The van der Waals surface area contributed by atoms with E-state index in [0.717, 1.165) is 51.6 Å². The lowest BCUT2D eigenvalue weighted by Gasteiger charge is -2.40. The highest BCUT2D eigenvalue weighted by Crippen LogP contribution is 2.29. The van der Waals surface area contributed by atoms with Gasteiger partial charge in [-0.2, -0.15) is 0 Å². The quantitative estimate of drug-likeness (QED) is 0.655. The van der Waals surface area contributed by atoms with Crippen molar-refractivity contribution in [2.75, 3.05) is 40.0 Å². The Bertz CT molecular complexity index is 271. The number of ether oxygens (including phenoxy) is 3. The molecule has 124 valence electrons. The van der Waals surface area contributed by atoms with Crippen molar-refractivity contribution in [2.24, 2.45) is 5.92 Å². The fourth-order valence-electron chi connectivity index (χ4n) is 3.00. The smallest absolute Gasteiger partial charge is 0.0628 e. The van der Waals surface area contributed by atoms with Gasteiger partial charge >= 0.3 is 0 Å². The van der Waals surface area contributed by atoms with Crippen molar-refractivity contribution >= 4 is 0 Å². The molecule has 0 aromatic rings. The lowest BCUT2D eigenvalue weighted by atomic mass is 9.91. The molecular formula is C17H33NO3. The van der Waals surface area contributed by atoms with E-state index in [1.54, 1.807) is 7.11 Å². The third-order valence-electron chi connectivity index (χ3n) is 4.63. The predicted molar refractivity (Wildman–Crippen MR) is 84.6 cm³/mol. The summed E-state index contributed by atoms with van der Waals surface area (Å²) in [6.45, 7) is 9.59. The fourth-order valence-corrected chi connectivity index (χ4v) is 3.00. The zero-order chi connectivity index (χ0) is 15.1. The molecule has 1 saturated heterocycles. The van der Waals surface area contributed by atoms with Gasteiger partial charge in [-0.25, -0.2) is 0 Å². The maximum Gasteiger partial charge on any atom is 0.0628 e. The van der Waals surface area contributed by atoms with Crippen LogP contribution in [0.5, 0.6) is 0 Å². The number of likely N-dealkylation sites (tertiary alicyclic amines) is 1. The highest BCUT2D eigenvalue weighted by molar-refractivity contribution is 4.83. The number of rotatable bonds is 9. The molecule has 0 aromatic carbocycles. The number of nitrogens with zero attached hydrogens (tertiary/aromatic N) is 1. The first kappa shape index (κ1) is 17.2. The van der Waals surface area contributed by atoms with E-state index in [9.17, 15) is 0 Å². The van der Waals surface area contributed by atoms with Crippen LogP contribution in [-0.2, 0) is 14.2 Å². The van der Waals surface area contributed by atoms with Crippen molar-refractivity contribution in [2.45, 2.75) is 64.3 Å². The standard InChI is InChI=1S/C17H33NO3/c1-14(2)6-10-20-16-12-17(13-16)21-15-4-7-18(8-5-15)9-11-19-3/h14-17H,4-13H2,1-3H3. The summed E-state index contributed by atoms with van der Waals surface area (Å²) < 4.78 is 17.2. The molecule has 0 radical (unpaired) electrons. The Balaban J connectivity index is 1.49. The molecule has 1 aliphatic heterocycles. The Kier molecular flexibility index (Phi) is 7.44. The first-order valence-corrected chi connectivity index (χ1v) is 8.65. The molecule has 0 aromatic heterocycles. The molecule has 2 aliphatic rings. The number of piperidine rings is 1. The van der Waals surface area contributed by atoms with Gasteiger partial charge in [0, 0.05) is 33.4 Å². The zero-order valence-electron chi connectivity index (χ0n) is 14.1. The van der Waals surface area contributed by atoms with Gasteiger partial charge in [0.05, 0.1) is 24.9 Å². The van der Waals surface area contributed by atoms with Crippen LogP contribution >= 0.6 is 0 Å². The molecule has 0 spiro atoms. The molecular weight excluding hydrogens is 266 g/mol. The van der Waals surface area contributed by atoms with E-state index in [1.165, 1.54) is 19.3 Å². The summed E-state index contributed by atoms with van der Waals surface area (Å²) in [6.07, 6.45) is 7.06. The van der Waals surface area contributed by atoms with Gasteiger partial charge in [0.25, 0.3) is 0 Å². The molecule has 1 saturated carbocycles. The van der Waals surface area contributed by atoms with E-state index in [-0.39, 0.29) is 0 Å². The molecule has 1 aliphatic carbocycles. The normalized spacial score (nSPS) is 28.0. The molecule has 4 heteroatoms. The van der Waals surface area contributed by atoms with E-state index in [4.69, 9.17) is 14.2 Å². The van der Waals surface area contributed by atoms with Crippen LogP contribution in [0.15, 0.2) is 0 Å². The van der Waals surface area contributed by atoms with E-state index in [1.807, 2.05) is 0 Å². The maximum atomic E-state index is 6.20. The second kappa shape index (κ2) is 9.09. The average molecular weight is 299 g/mol. The van der Waals surface area contributed by atoms with Crippen LogP contribution in [0.1, 0.15) is 46.0 Å². The predicted octanol–water partition coefficient (Wildman–Crippen LogP) is 2.71. The lowest BCUT2D eigenvalue weighted by molar-refractivity contribution is -0.136. The zero-order valence-corrected chi connectivity index (χ0v) is 14.1. The van der Waals surface area contributed by atoms with E-state index in [2.05, 4.69) is 18.7 Å². The minimum atomic E-state index is 0.449. The van der Waals surface area contributed by atoms with Gasteiger partial charge in [-0.3, -0.25) is 0 Å². The highest BCUT2D eigenvalue weighted by Gasteiger charge is 2.33. The van der Waals surface area contributed by atoms with Crippen molar-refractivity contribution in [3.8, 4) is 0 Å². The Morgan fingerprint density at radius 1 is 1.00 bits per heavy atom. The Morgan fingerprint density at radius 3 is 2.33 bits per heavy atom. The Morgan fingerprint density at radius 2 is 1.71 bits per heavy atom. The Labute approximate surface area is 130 Å². The minimum Gasteiger partial charge on any atom is -0.383 e. The molecule has 0 amide bonds. The monoisotopic (exact) mass is 299 g/mol. The van der Waals surface area contributed by atoms with Crippen LogP contribution in [0, 0.1) is 5.92 Å². The van der Waals surface area contributed by atoms with E-state index in [0.29, 0.717) is 18.3 Å². The summed E-state index contributed by atoms with van der Waals surface area (Å²) in [4.78, 5) is 2.47. The van der Waals surface area contributed by atoms with Gasteiger partial charge < -0.3 is 19.1 Å². The van der Waals surface area contributed by atoms with Crippen LogP contribution in [0.3, 0.4) is 0 Å². The molecule has 0 unspecified atom stereocenters. The fraction of sp³-hybridized carbons (Fsp3) is 1.00. The molecule has 0 bridgehead atoms. The van der Waals surface area contributed by atoms with Crippen molar-refractivity contribution in [1.82, 2.24) is 4.90 Å². The summed E-state index contributed by atoms with van der Waals surface area (Å²) >= 11 is 0. The second-order valence-electron chi connectivity index (χ2n) is 6.94. The molecule has 0 atom stereocenters. The van der Waals surface area contributed by atoms with Crippen LogP contribution in [0.2, 0.25) is 0 Å². The molecule has 4 nitrogen and oxygen atoms in total. The van der Waals surface area contributed by atoms with Gasteiger partial charge in [-0.15, -0.1) is 0 Å². The van der Waals surface area contributed by atoms with Gasteiger partial charge in [0.15, 0.2) is 0 Å². The SMILES string of the molecule is COCCN1CCC(OC2CC(OCCC(C)C)C2)CC1. The highest BCUT2D eigenvalue weighted by atomic mass is 16.5. The largest absolute Gasteiger partial charge is 0.383 e. The topological polar surface area (TPSA) is 30.9 Å². The van der Waals surface area contributed by atoms with Crippen LogP contribution in [0.25, 0.3) is 0 Å². The third kappa shape index (κ3) is 6.23. The molecule has 2 fully saturated rings. The van der Waals surface area contributed by atoms with Crippen LogP contribution < -0.4 is 0 Å². The summed E-state index contributed by atoms with van der Waals surface area (Å²) in [6, 6.07) is 0. The summed E-state index contributed by atoms with van der Waals surface area (Å²) in [5.41, 5.74) is 0. The van der Waals surface area contributed by atoms with Gasteiger partial charge in [0.1, 0.15) is 0 Å². The van der Waals surface area contributed by atoms with Gasteiger partial charge in [-0.05, 0) is 38.0 Å². The average Bonchev–Trinajstić information content (AvgIpc) is 2.43. The van der Waals surface area contributed by atoms with E-state index >= 15 is 0 Å². The number of methoxy groups -OCH3 is 1. The lowest BCUT2D eigenvalue weighted by Crippen LogP contribution is -2.44. The first-order valence-electron chi connectivity index (χ1n) is 8.65. The second-order valence-corrected chi connectivity index (χ2v) is 6.94. The number of hydrogen-bond donors (Lipinski definition) is 0. The molecule has 1 heterocycles. The Hall–Kier alpha value is -0.160. The van der Waals surface area contributed by atoms with Crippen molar-refractivity contribution in [1.29, 1.82) is 0 Å². The summed E-state index contributed by atoms with van der Waals surface area (Å²) in [5, 5.41) is 0. The van der Waals surface area contributed by atoms with Crippen LogP contribution in [0.4, 0.5) is 0 Å². The molecule has 0 N–H and O–H groups in total. The maximum absolute atomic E-state index is 6.20. The minimum absolute atomic E-state index is 0.449. The van der Waals surface area contributed by atoms with Crippen molar-refractivity contribution in [3.05, 3.63) is 0 Å². The van der Waals surface area contributed by atoms with Crippen molar-refractivity contribution < 1.29 is 14.2 Å². The third-order valence-corrected chi connectivity index (χ3v) is 4.63. The molecule has 2 rings (SSSR count).